The fourth-order valence-electron chi connectivity index (χ4n) is 2.10. The van der Waals surface area contributed by atoms with E-state index >= 15 is 0 Å². The van der Waals surface area contributed by atoms with Crippen LogP contribution in [0, 0.1) is 19.1 Å². The molecule has 0 fully saturated rings. The van der Waals surface area contributed by atoms with Crippen molar-refractivity contribution >= 4 is 17.6 Å². The zero-order chi connectivity index (χ0) is 17.0. The van der Waals surface area contributed by atoms with Crippen molar-refractivity contribution in [1.82, 2.24) is 0 Å². The third-order valence-electron chi connectivity index (χ3n) is 3.42. The number of para-hydroxylation sites is 1. The molecule has 2 rings (SSSR count). The van der Waals surface area contributed by atoms with Gasteiger partial charge < -0.3 is 15.3 Å². The molecule has 6 heteroatoms. The fourth-order valence-corrected chi connectivity index (χ4v) is 2.10. The van der Waals surface area contributed by atoms with E-state index < -0.39 is 18.0 Å². The zero-order valence-electron chi connectivity index (χ0n) is 13.2. The van der Waals surface area contributed by atoms with E-state index in [0.717, 1.165) is 11.1 Å². The second-order valence-corrected chi connectivity index (χ2v) is 5.22. The first-order chi connectivity index (χ1) is 10.9. The number of anilines is 1. The molecule has 1 atom stereocenters. The quantitative estimate of drug-likeness (QED) is 0.532. The van der Waals surface area contributed by atoms with Crippen LogP contribution in [-0.2, 0) is 9.53 Å². The number of carbonyl (C=O) groups excluding carboxylic acids is 2. The van der Waals surface area contributed by atoms with Crippen molar-refractivity contribution in [1.29, 1.82) is 0 Å². The summed E-state index contributed by atoms with van der Waals surface area (Å²) in [6, 6.07) is 10.0. The topological polar surface area (TPSA) is 82.3 Å². The Morgan fingerprint density at radius 1 is 1.13 bits per heavy atom. The number of aryl methyl sites for hydroxylation is 2. The Morgan fingerprint density at radius 3 is 2.39 bits per heavy atom. The van der Waals surface area contributed by atoms with Gasteiger partial charge in [-0.3, -0.25) is 4.79 Å². The highest BCUT2D eigenvalue weighted by Gasteiger charge is 2.24. The van der Waals surface area contributed by atoms with Crippen molar-refractivity contribution in [3.8, 4) is 0 Å². The van der Waals surface area contributed by atoms with Crippen LogP contribution in [0.15, 0.2) is 42.6 Å². The normalized spacial score (nSPS) is 11.6. The first kappa shape index (κ1) is 16.5. The lowest BCUT2D eigenvalue weighted by Gasteiger charge is -2.15. The van der Waals surface area contributed by atoms with Gasteiger partial charge in [0.25, 0.3) is 5.91 Å². The highest BCUT2D eigenvalue weighted by Crippen LogP contribution is 2.19. The lowest BCUT2D eigenvalue weighted by Crippen LogP contribution is -2.37. The maximum Gasteiger partial charge on any atom is 0.405 e. The van der Waals surface area contributed by atoms with Crippen molar-refractivity contribution in [2.45, 2.75) is 26.9 Å². The molecular formula is C17H18N2O4. The molecule has 0 unspecified atom stereocenters. The number of hydrogen-bond donors (Lipinski definition) is 1. The molecule has 0 aliphatic heterocycles. The standard InChI is InChI=1S/C17H18N2O4/c1-11-7-6-8-12(2)15(11)18-16(20)13(3)23-17(21)14-9-4-5-10-19(14)22/h4-10,13H,1-3H3,(H,18,20)/t13-/m1/s1. The van der Waals surface area contributed by atoms with Crippen LogP contribution >= 0.6 is 0 Å². The molecule has 0 saturated heterocycles. The van der Waals surface area contributed by atoms with Crippen LogP contribution < -0.4 is 10.0 Å². The van der Waals surface area contributed by atoms with Crippen LogP contribution in [0.3, 0.4) is 0 Å². The molecule has 23 heavy (non-hydrogen) atoms. The maximum atomic E-state index is 12.2. The van der Waals surface area contributed by atoms with E-state index in [1.54, 1.807) is 6.07 Å². The molecule has 0 radical (unpaired) electrons. The van der Waals surface area contributed by atoms with Crippen molar-refractivity contribution in [2.24, 2.45) is 0 Å². The van der Waals surface area contributed by atoms with Gasteiger partial charge in [0.2, 0.25) is 0 Å². The molecule has 0 aliphatic rings. The van der Waals surface area contributed by atoms with Gasteiger partial charge in [0.05, 0.1) is 0 Å². The van der Waals surface area contributed by atoms with Gasteiger partial charge in [-0.15, -0.1) is 0 Å². The predicted octanol–water partition coefficient (Wildman–Crippen LogP) is 2.12. The van der Waals surface area contributed by atoms with Gasteiger partial charge in [-0.05, 0) is 38.0 Å². The lowest BCUT2D eigenvalue weighted by molar-refractivity contribution is -0.608. The largest absolute Gasteiger partial charge is 0.618 e. The summed E-state index contributed by atoms with van der Waals surface area (Å²) in [5.41, 5.74) is 2.35. The summed E-state index contributed by atoms with van der Waals surface area (Å²) in [4.78, 5) is 24.1. The van der Waals surface area contributed by atoms with Crippen LogP contribution in [0.2, 0.25) is 0 Å². The number of aromatic nitrogens is 1. The minimum Gasteiger partial charge on any atom is -0.618 e. The van der Waals surface area contributed by atoms with E-state index in [9.17, 15) is 14.8 Å². The predicted molar refractivity (Wildman–Crippen MR) is 84.8 cm³/mol. The van der Waals surface area contributed by atoms with E-state index in [-0.39, 0.29) is 5.69 Å². The summed E-state index contributed by atoms with van der Waals surface area (Å²) in [6.07, 6.45) is 0.166. The number of benzene rings is 1. The van der Waals surface area contributed by atoms with E-state index in [0.29, 0.717) is 10.4 Å². The smallest absolute Gasteiger partial charge is 0.405 e. The molecule has 0 saturated carbocycles. The molecule has 1 N–H and O–H groups in total. The number of nitrogens with one attached hydrogen (secondary N) is 1. The van der Waals surface area contributed by atoms with Crippen LogP contribution in [0.1, 0.15) is 28.5 Å². The van der Waals surface area contributed by atoms with E-state index in [2.05, 4.69) is 5.32 Å². The average Bonchev–Trinajstić information content (AvgIpc) is 2.51. The number of ether oxygens (including phenoxy) is 1. The van der Waals surface area contributed by atoms with Crippen molar-refractivity contribution in [3.63, 3.8) is 0 Å². The molecule has 0 bridgehead atoms. The number of rotatable bonds is 4. The molecule has 6 nitrogen and oxygen atoms in total. The zero-order valence-corrected chi connectivity index (χ0v) is 13.2. The Balaban J connectivity index is 2.06. The Bertz CT molecular complexity index is 723. The van der Waals surface area contributed by atoms with Crippen molar-refractivity contribution in [2.75, 3.05) is 5.32 Å². The molecule has 1 amide bonds. The Morgan fingerprint density at radius 2 is 1.78 bits per heavy atom. The molecule has 1 aromatic carbocycles. The Kier molecular flexibility index (Phi) is 4.95. The lowest BCUT2D eigenvalue weighted by atomic mass is 10.1. The number of nitrogens with zero attached hydrogens (tertiary/aromatic N) is 1. The van der Waals surface area contributed by atoms with Gasteiger partial charge in [-0.2, -0.15) is 4.73 Å². The molecule has 2 aromatic rings. The highest BCUT2D eigenvalue weighted by atomic mass is 16.6. The van der Waals surface area contributed by atoms with E-state index in [1.165, 1.54) is 25.3 Å². The number of amides is 1. The van der Waals surface area contributed by atoms with Crippen molar-refractivity contribution in [3.05, 3.63) is 64.6 Å². The van der Waals surface area contributed by atoms with Crippen LogP contribution in [0.5, 0.6) is 0 Å². The minimum absolute atomic E-state index is 0.167. The van der Waals surface area contributed by atoms with Crippen LogP contribution in [0.25, 0.3) is 0 Å². The van der Waals surface area contributed by atoms with Gasteiger partial charge >= 0.3 is 11.7 Å². The maximum absolute atomic E-state index is 12.2. The van der Waals surface area contributed by atoms with Crippen LogP contribution in [0.4, 0.5) is 5.69 Å². The Hall–Kier alpha value is -2.89. The monoisotopic (exact) mass is 314 g/mol. The third kappa shape index (κ3) is 3.85. The summed E-state index contributed by atoms with van der Waals surface area (Å²) >= 11 is 0. The fraction of sp³-hybridized carbons (Fsp3) is 0.235. The first-order valence-corrected chi connectivity index (χ1v) is 7.16. The van der Waals surface area contributed by atoms with Gasteiger partial charge in [-0.25, -0.2) is 4.79 Å². The van der Waals surface area contributed by atoms with E-state index in [4.69, 9.17) is 4.74 Å². The number of carbonyl (C=O) groups is 2. The van der Waals surface area contributed by atoms with Gasteiger partial charge in [0.15, 0.2) is 12.3 Å². The van der Waals surface area contributed by atoms with E-state index in [1.807, 2.05) is 32.0 Å². The molecular weight excluding hydrogens is 296 g/mol. The van der Waals surface area contributed by atoms with Crippen LogP contribution in [-0.4, -0.2) is 18.0 Å². The summed E-state index contributed by atoms with van der Waals surface area (Å²) < 4.78 is 5.46. The summed E-state index contributed by atoms with van der Waals surface area (Å²) in [7, 11) is 0. The molecule has 0 aliphatic carbocycles. The third-order valence-corrected chi connectivity index (χ3v) is 3.42. The number of esters is 1. The van der Waals surface area contributed by atoms with Gasteiger partial charge in [0.1, 0.15) is 0 Å². The highest BCUT2D eigenvalue weighted by molar-refractivity contribution is 5.97. The SMILES string of the molecule is Cc1cccc(C)c1NC(=O)[C@@H](C)OC(=O)c1cccc[n+]1[O-]. The number of hydrogen-bond acceptors (Lipinski definition) is 4. The van der Waals surface area contributed by atoms with Gasteiger partial charge in [0, 0.05) is 17.8 Å². The summed E-state index contributed by atoms with van der Waals surface area (Å²) in [5.74, 6) is -1.30. The molecule has 0 spiro atoms. The number of pyridine rings is 1. The summed E-state index contributed by atoms with van der Waals surface area (Å²) in [5, 5.41) is 14.3. The molecule has 120 valence electrons. The molecule has 1 aromatic heterocycles. The second kappa shape index (κ2) is 6.91. The molecule has 1 heterocycles. The Labute approximate surface area is 134 Å². The minimum atomic E-state index is -1.03. The average molecular weight is 314 g/mol. The van der Waals surface area contributed by atoms with Gasteiger partial charge in [-0.1, -0.05) is 18.2 Å². The summed E-state index contributed by atoms with van der Waals surface area (Å²) in [6.45, 7) is 5.21. The first-order valence-electron chi connectivity index (χ1n) is 7.16. The second-order valence-electron chi connectivity index (χ2n) is 5.22. The van der Waals surface area contributed by atoms with Crippen molar-refractivity contribution < 1.29 is 19.1 Å².